The van der Waals surface area contributed by atoms with E-state index >= 15 is 8.78 Å². The molecule has 5 aliphatic heterocycles. The lowest BCUT2D eigenvalue weighted by atomic mass is 9.69. The number of nitrogens with two attached hydrogens (primary N) is 1. The largest absolute Gasteiger partial charge is 0.624 e. The van der Waals surface area contributed by atoms with Gasteiger partial charge in [0, 0.05) is 113 Å². The van der Waals surface area contributed by atoms with Crippen molar-refractivity contribution in [2.24, 2.45) is 16.1 Å². The maximum atomic E-state index is 15.1. The van der Waals surface area contributed by atoms with Gasteiger partial charge in [-0.15, -0.1) is 0 Å². The SMILES string of the molecule is CN=CC(=CN)C1=CC2=C(CC1(C)C(F)F)N(c1nn(C3CCN(C(=O)CCCCCCc4cccc5c4C[N+]([O-])(C4CCC(=O)NC4=O)C5=O)CC3)c3c1CN(C(C)=O)CC3)CCC2. The number of carbonyl (C=O) groups is 5. The number of imide groups is 1. The molecular formula is C48H61F2N9O6. The van der Waals surface area contributed by atoms with Gasteiger partial charge in [-0.05, 0) is 74.6 Å². The van der Waals surface area contributed by atoms with Crippen LogP contribution >= 0.6 is 0 Å². The molecule has 65 heavy (non-hydrogen) atoms. The molecule has 3 N–H and O–H groups in total. The van der Waals surface area contributed by atoms with E-state index in [0.717, 1.165) is 85.3 Å². The Bertz CT molecular complexity index is 2380. The average molecular weight is 898 g/mol. The second-order valence-electron chi connectivity index (χ2n) is 18.8. The molecule has 1 aromatic heterocycles. The number of aryl methyl sites for hydroxylation is 1. The summed E-state index contributed by atoms with van der Waals surface area (Å²) < 4.78 is 31.1. The molecule has 2 saturated heterocycles. The van der Waals surface area contributed by atoms with E-state index in [1.54, 1.807) is 33.0 Å². The Morgan fingerprint density at radius 1 is 1.03 bits per heavy atom. The normalized spacial score (nSPS) is 25.3. The smallest absolute Gasteiger partial charge is 0.347 e. The molecule has 348 valence electrons. The van der Waals surface area contributed by atoms with Crippen molar-refractivity contribution in [3.05, 3.63) is 86.0 Å². The predicted molar refractivity (Wildman–Crippen MR) is 240 cm³/mol. The number of amides is 5. The van der Waals surface area contributed by atoms with Crippen LogP contribution in [0.15, 0.2) is 57.9 Å². The molecule has 1 aliphatic carbocycles. The second kappa shape index (κ2) is 18.7. The van der Waals surface area contributed by atoms with Gasteiger partial charge in [-0.1, -0.05) is 31.1 Å². The van der Waals surface area contributed by atoms with Gasteiger partial charge in [0.05, 0.1) is 23.6 Å². The summed E-state index contributed by atoms with van der Waals surface area (Å²) in [5.74, 6) is -0.920. The third kappa shape index (κ3) is 8.68. The monoisotopic (exact) mass is 897 g/mol. The Balaban J connectivity index is 0.882. The Morgan fingerprint density at radius 2 is 1.80 bits per heavy atom. The molecule has 3 atom stereocenters. The van der Waals surface area contributed by atoms with Crippen molar-refractivity contribution in [3.8, 4) is 0 Å². The first-order valence-corrected chi connectivity index (χ1v) is 23.2. The van der Waals surface area contributed by atoms with Crippen LogP contribution in [0.4, 0.5) is 14.6 Å². The van der Waals surface area contributed by atoms with Crippen molar-refractivity contribution < 1.29 is 37.4 Å². The number of unbranched alkanes of at least 4 members (excludes halogenated alkanes) is 3. The number of benzene rings is 1. The molecule has 15 nitrogen and oxygen atoms in total. The summed E-state index contributed by atoms with van der Waals surface area (Å²) >= 11 is 0. The van der Waals surface area contributed by atoms with Crippen LogP contribution < -0.4 is 16.0 Å². The lowest BCUT2D eigenvalue weighted by molar-refractivity contribution is -0.825. The molecule has 6 aliphatic rings. The summed E-state index contributed by atoms with van der Waals surface area (Å²) in [6.07, 6.45) is 10.3. The van der Waals surface area contributed by atoms with Gasteiger partial charge >= 0.3 is 5.91 Å². The minimum Gasteiger partial charge on any atom is -0.624 e. The number of halogens is 2. The van der Waals surface area contributed by atoms with E-state index in [9.17, 15) is 29.2 Å². The summed E-state index contributed by atoms with van der Waals surface area (Å²) in [7, 11) is 1.59. The Morgan fingerprint density at radius 3 is 2.51 bits per heavy atom. The summed E-state index contributed by atoms with van der Waals surface area (Å²) in [6.45, 7) is 5.82. The van der Waals surface area contributed by atoms with Crippen molar-refractivity contribution in [3.63, 3.8) is 0 Å². The zero-order valence-electron chi connectivity index (χ0n) is 37.8. The van der Waals surface area contributed by atoms with E-state index in [1.165, 1.54) is 12.4 Å². The molecule has 0 radical (unpaired) electrons. The van der Waals surface area contributed by atoms with Crippen molar-refractivity contribution in [2.45, 2.75) is 135 Å². The van der Waals surface area contributed by atoms with Gasteiger partial charge in [0.25, 0.3) is 5.91 Å². The Kier molecular flexibility index (Phi) is 13.3. The molecule has 17 heteroatoms. The van der Waals surface area contributed by atoms with Crippen molar-refractivity contribution in [1.82, 2.24) is 24.9 Å². The van der Waals surface area contributed by atoms with E-state index in [0.29, 0.717) is 74.3 Å². The third-order valence-electron chi connectivity index (χ3n) is 14.7. The Labute approximate surface area is 378 Å². The number of fused-ring (bicyclic) bond motifs is 2. The number of hydroxylamine groups is 3. The highest BCUT2D eigenvalue weighted by molar-refractivity contribution is 6.02. The summed E-state index contributed by atoms with van der Waals surface area (Å²) in [5.41, 5.74) is 11.2. The number of hydrogen-bond donors (Lipinski definition) is 2. The first-order valence-electron chi connectivity index (χ1n) is 23.2. The number of allylic oxidation sites excluding steroid dienone is 5. The Hall–Kier alpha value is -5.55. The van der Waals surface area contributed by atoms with Crippen LogP contribution in [0, 0.1) is 10.6 Å². The molecule has 0 spiro atoms. The molecule has 1 aromatic carbocycles. The van der Waals surface area contributed by atoms with Gasteiger partial charge in [-0.25, -0.2) is 13.6 Å². The number of rotatable bonds is 13. The predicted octanol–water partition coefficient (Wildman–Crippen LogP) is 5.92. The topological polar surface area (TPSA) is 186 Å². The van der Waals surface area contributed by atoms with E-state index in [2.05, 4.69) is 19.9 Å². The van der Waals surface area contributed by atoms with E-state index < -0.39 is 40.3 Å². The third-order valence-corrected chi connectivity index (χ3v) is 14.7. The first-order chi connectivity index (χ1) is 31.2. The van der Waals surface area contributed by atoms with Crippen LogP contribution in [-0.2, 0) is 45.1 Å². The van der Waals surface area contributed by atoms with Crippen molar-refractivity contribution >= 4 is 41.6 Å². The molecule has 2 aromatic rings. The minimum absolute atomic E-state index is 0.0228. The van der Waals surface area contributed by atoms with E-state index in [4.69, 9.17) is 10.8 Å². The van der Waals surface area contributed by atoms with E-state index in [1.807, 2.05) is 21.9 Å². The summed E-state index contributed by atoms with van der Waals surface area (Å²) in [6, 6.07) is 4.25. The molecule has 0 bridgehead atoms. The molecule has 0 saturated carbocycles. The fourth-order valence-electron chi connectivity index (χ4n) is 11.0. The quantitative estimate of drug-likeness (QED) is 0.0810. The number of alkyl halides is 2. The molecule has 2 fully saturated rings. The van der Waals surface area contributed by atoms with Crippen LogP contribution in [0.2, 0.25) is 0 Å². The lowest BCUT2D eigenvalue weighted by Crippen LogP contribution is -2.60. The number of carbonyl (C=O) groups excluding carboxylic acids is 5. The van der Waals surface area contributed by atoms with Gasteiger partial charge in [0.15, 0.2) is 11.9 Å². The highest BCUT2D eigenvalue weighted by atomic mass is 19.3. The van der Waals surface area contributed by atoms with Crippen molar-refractivity contribution in [2.75, 3.05) is 38.1 Å². The van der Waals surface area contributed by atoms with Crippen LogP contribution in [0.3, 0.4) is 0 Å². The number of quaternary nitrogens is 1. The number of piperidine rings is 2. The zero-order chi connectivity index (χ0) is 46.2. The summed E-state index contributed by atoms with van der Waals surface area (Å²) in [4.78, 5) is 73.6. The second-order valence-corrected chi connectivity index (χ2v) is 18.8. The first kappa shape index (κ1) is 46.0. The van der Waals surface area contributed by atoms with Crippen LogP contribution in [0.5, 0.6) is 0 Å². The molecule has 5 amide bonds. The molecule has 3 unspecified atom stereocenters. The van der Waals surface area contributed by atoms with Crippen LogP contribution in [-0.4, -0.2) is 106 Å². The fourth-order valence-corrected chi connectivity index (χ4v) is 11.0. The number of anilines is 1. The lowest BCUT2D eigenvalue weighted by Gasteiger charge is -2.43. The maximum absolute atomic E-state index is 15.1. The molecule has 8 rings (SSSR count). The minimum atomic E-state index is -2.66. The molecule has 6 heterocycles. The van der Waals surface area contributed by atoms with Gasteiger partial charge in [0.2, 0.25) is 24.1 Å². The highest BCUT2D eigenvalue weighted by Crippen LogP contribution is 2.51. The van der Waals surface area contributed by atoms with Crippen LogP contribution in [0.1, 0.15) is 130 Å². The van der Waals surface area contributed by atoms with E-state index in [-0.39, 0.29) is 43.7 Å². The number of aromatic nitrogens is 2. The van der Waals surface area contributed by atoms with Gasteiger partial charge in [-0.2, -0.15) is 5.10 Å². The number of aliphatic imine (C=N–C) groups is 1. The number of nitrogens with one attached hydrogen (secondary N) is 1. The van der Waals surface area contributed by atoms with Gasteiger partial charge < -0.3 is 25.6 Å². The number of hydrogen-bond acceptors (Lipinski definition) is 10. The zero-order valence-corrected chi connectivity index (χ0v) is 37.8. The number of likely N-dealkylation sites (tertiary alicyclic amines) is 1. The fraction of sp³-hybridized carbons (Fsp3) is 0.562. The maximum Gasteiger partial charge on any atom is 0.347 e. The van der Waals surface area contributed by atoms with Crippen LogP contribution in [0.25, 0.3) is 0 Å². The van der Waals surface area contributed by atoms with Gasteiger partial charge in [0.1, 0.15) is 6.54 Å². The highest BCUT2D eigenvalue weighted by Gasteiger charge is 2.50. The molecular weight excluding hydrogens is 837 g/mol. The standard InChI is InChI=1S/C48H61F2N9O6/c1-30(60)56-23-19-39-36(28-56)44(57-20-9-12-32-24-38(33(26-51)27-52-3)48(2,47(49)50)25-40(32)57)54-58(39)34-17-21-55(22-18-34)43(62)14-7-5-4-6-10-31-11-8-13-35-37(31)29-59(65,46(35)64)41-15-16-42(61)53-45(41)63/h8,11,13,24,26-27,34,41,47H,4-7,9-10,12,14-23,25,28-29,51H2,1-3H3,(H,53,61,63). The summed E-state index contributed by atoms with van der Waals surface area (Å²) in [5, 5.41) is 21.3. The van der Waals surface area contributed by atoms with Crippen molar-refractivity contribution in [1.29, 1.82) is 0 Å². The van der Waals surface area contributed by atoms with Gasteiger partial charge in [-0.3, -0.25) is 38.8 Å². The number of nitrogens with zero attached hydrogens (tertiary/aromatic N) is 7. The average Bonchev–Trinajstić information content (AvgIpc) is 3.80.